The Kier molecular flexibility index (Phi) is 5.24. The van der Waals surface area contributed by atoms with E-state index in [1.807, 2.05) is 30.3 Å². The molecule has 0 bridgehead atoms. The smallest absolute Gasteiger partial charge is 0.343 e. The number of ether oxygens (including phenoxy) is 2. The van der Waals surface area contributed by atoms with Crippen molar-refractivity contribution in [3.63, 3.8) is 0 Å². The van der Waals surface area contributed by atoms with Crippen molar-refractivity contribution in [2.24, 2.45) is 0 Å². The molecule has 0 fully saturated rings. The molecule has 0 aliphatic heterocycles. The lowest BCUT2D eigenvalue weighted by atomic mass is 10.2. The molecule has 1 aromatic heterocycles. The van der Waals surface area contributed by atoms with Crippen molar-refractivity contribution in [2.45, 2.75) is 20.5 Å². The van der Waals surface area contributed by atoms with E-state index in [0.717, 1.165) is 11.6 Å². The molecular formula is C16H16N2O5. The van der Waals surface area contributed by atoms with E-state index in [4.69, 9.17) is 9.47 Å². The van der Waals surface area contributed by atoms with Gasteiger partial charge in [0.05, 0.1) is 11.5 Å². The molecule has 0 saturated heterocycles. The van der Waals surface area contributed by atoms with Gasteiger partial charge in [0.15, 0.2) is 0 Å². The van der Waals surface area contributed by atoms with Gasteiger partial charge in [-0.2, -0.15) is 0 Å². The average Bonchev–Trinajstić information content (AvgIpc) is 2.53. The van der Waals surface area contributed by atoms with Crippen LogP contribution in [0.1, 0.15) is 28.5 Å². The molecule has 7 nitrogen and oxygen atoms in total. The van der Waals surface area contributed by atoms with Crippen LogP contribution in [0.3, 0.4) is 0 Å². The Hall–Kier alpha value is -2.96. The minimum absolute atomic E-state index is 0.0235. The summed E-state index contributed by atoms with van der Waals surface area (Å²) < 4.78 is 10.5. The van der Waals surface area contributed by atoms with Gasteiger partial charge < -0.3 is 9.47 Å². The van der Waals surface area contributed by atoms with E-state index in [9.17, 15) is 14.9 Å². The lowest BCUT2D eigenvalue weighted by molar-refractivity contribution is -0.385. The topological polar surface area (TPSA) is 91.6 Å². The van der Waals surface area contributed by atoms with Crippen LogP contribution in [0.15, 0.2) is 36.4 Å². The van der Waals surface area contributed by atoms with Crippen LogP contribution in [0.2, 0.25) is 0 Å². The number of aryl methyl sites for hydroxylation is 1. The first-order chi connectivity index (χ1) is 11.0. The third kappa shape index (κ3) is 4.03. The van der Waals surface area contributed by atoms with Crippen molar-refractivity contribution < 1.29 is 19.2 Å². The Morgan fingerprint density at radius 3 is 2.61 bits per heavy atom. The van der Waals surface area contributed by atoms with Crippen molar-refractivity contribution in [3.05, 3.63) is 63.3 Å². The van der Waals surface area contributed by atoms with Gasteiger partial charge in [-0.25, -0.2) is 9.78 Å². The number of benzene rings is 1. The zero-order chi connectivity index (χ0) is 16.8. The molecule has 1 aromatic carbocycles. The molecule has 0 atom stereocenters. The van der Waals surface area contributed by atoms with Gasteiger partial charge in [-0.15, -0.1) is 0 Å². The van der Waals surface area contributed by atoms with Crippen molar-refractivity contribution in [3.8, 4) is 5.88 Å². The molecule has 0 aliphatic carbocycles. The van der Waals surface area contributed by atoms with Gasteiger partial charge in [0.25, 0.3) is 5.69 Å². The monoisotopic (exact) mass is 316 g/mol. The molecule has 0 saturated carbocycles. The lowest BCUT2D eigenvalue weighted by Crippen LogP contribution is -2.11. The van der Waals surface area contributed by atoms with E-state index in [1.54, 1.807) is 6.92 Å². The summed E-state index contributed by atoms with van der Waals surface area (Å²) in [6, 6.07) is 10.5. The second-order valence-corrected chi connectivity index (χ2v) is 4.70. The summed E-state index contributed by atoms with van der Waals surface area (Å²) >= 11 is 0. The van der Waals surface area contributed by atoms with Crippen LogP contribution < -0.4 is 4.74 Å². The summed E-state index contributed by atoms with van der Waals surface area (Å²) in [4.78, 5) is 26.5. The number of hydrogen-bond donors (Lipinski definition) is 0. The molecule has 0 radical (unpaired) electrons. The highest BCUT2D eigenvalue weighted by Crippen LogP contribution is 2.26. The zero-order valence-electron chi connectivity index (χ0n) is 12.8. The van der Waals surface area contributed by atoms with Crippen LogP contribution in [0.5, 0.6) is 5.88 Å². The second kappa shape index (κ2) is 7.35. The van der Waals surface area contributed by atoms with Gasteiger partial charge in [-0.1, -0.05) is 30.3 Å². The minimum atomic E-state index is -0.703. The van der Waals surface area contributed by atoms with Crippen LogP contribution >= 0.6 is 0 Å². The van der Waals surface area contributed by atoms with E-state index >= 15 is 0 Å². The Labute approximate surface area is 133 Å². The molecule has 2 aromatic rings. The molecule has 0 unspecified atom stereocenters. The molecule has 7 heteroatoms. The van der Waals surface area contributed by atoms with Crippen LogP contribution in [-0.4, -0.2) is 22.5 Å². The largest absolute Gasteiger partial charge is 0.472 e. The number of pyridine rings is 1. The molecule has 0 amide bonds. The van der Waals surface area contributed by atoms with Gasteiger partial charge in [-0.05, 0) is 19.4 Å². The first-order valence-corrected chi connectivity index (χ1v) is 7.02. The maximum atomic E-state index is 12.0. The summed E-state index contributed by atoms with van der Waals surface area (Å²) in [6.45, 7) is 3.48. The van der Waals surface area contributed by atoms with Gasteiger partial charge in [0.1, 0.15) is 17.9 Å². The lowest BCUT2D eigenvalue weighted by Gasteiger charge is -2.11. The van der Waals surface area contributed by atoms with Crippen LogP contribution in [0.4, 0.5) is 5.69 Å². The Morgan fingerprint density at radius 1 is 1.30 bits per heavy atom. The Balaban J connectivity index is 2.34. The molecule has 0 spiro atoms. The SMILES string of the molecule is CCOC(=O)c1cc([N+](=O)[O-])c(C)nc1OCc1ccccc1. The predicted molar refractivity (Wildman–Crippen MR) is 82.4 cm³/mol. The first kappa shape index (κ1) is 16.4. The summed E-state index contributed by atoms with van der Waals surface area (Å²) in [6.07, 6.45) is 0. The third-order valence-corrected chi connectivity index (χ3v) is 3.06. The molecule has 0 N–H and O–H groups in total. The summed E-state index contributed by atoms with van der Waals surface area (Å²) in [5, 5.41) is 11.0. The second-order valence-electron chi connectivity index (χ2n) is 4.70. The molecular weight excluding hydrogens is 300 g/mol. The first-order valence-electron chi connectivity index (χ1n) is 7.02. The maximum Gasteiger partial charge on any atom is 0.343 e. The summed E-state index contributed by atoms with van der Waals surface area (Å²) in [5.74, 6) is -0.679. The van der Waals surface area contributed by atoms with E-state index < -0.39 is 10.9 Å². The molecule has 2 rings (SSSR count). The van der Waals surface area contributed by atoms with E-state index in [2.05, 4.69) is 4.98 Å². The fourth-order valence-corrected chi connectivity index (χ4v) is 1.95. The van der Waals surface area contributed by atoms with Gasteiger partial charge in [0.2, 0.25) is 5.88 Å². The molecule has 1 heterocycles. The number of rotatable bonds is 6. The maximum absolute atomic E-state index is 12.0. The average molecular weight is 316 g/mol. The number of nitro groups is 1. The van der Waals surface area contributed by atoms with Gasteiger partial charge in [-0.3, -0.25) is 10.1 Å². The van der Waals surface area contributed by atoms with Crippen LogP contribution in [0, 0.1) is 17.0 Å². The van der Waals surface area contributed by atoms with Crippen molar-refractivity contribution in [2.75, 3.05) is 6.61 Å². The quantitative estimate of drug-likeness (QED) is 0.462. The standard InChI is InChI=1S/C16H16N2O5/c1-3-22-16(19)13-9-14(18(20)21)11(2)17-15(13)23-10-12-7-5-4-6-8-12/h4-9H,3,10H2,1-2H3. The number of nitrogens with zero attached hydrogens (tertiary/aromatic N) is 2. The number of carbonyl (C=O) groups is 1. The van der Waals surface area contributed by atoms with Gasteiger partial charge >= 0.3 is 5.97 Å². The molecule has 23 heavy (non-hydrogen) atoms. The molecule has 120 valence electrons. The summed E-state index contributed by atoms with van der Waals surface area (Å²) in [7, 11) is 0. The fourth-order valence-electron chi connectivity index (χ4n) is 1.95. The minimum Gasteiger partial charge on any atom is -0.472 e. The van der Waals surface area contributed by atoms with Gasteiger partial charge in [0, 0.05) is 6.07 Å². The van der Waals surface area contributed by atoms with E-state index in [-0.39, 0.29) is 36.0 Å². The van der Waals surface area contributed by atoms with E-state index in [0.29, 0.717) is 0 Å². The van der Waals surface area contributed by atoms with Crippen LogP contribution in [-0.2, 0) is 11.3 Å². The number of esters is 1. The van der Waals surface area contributed by atoms with Crippen LogP contribution in [0.25, 0.3) is 0 Å². The predicted octanol–water partition coefficient (Wildman–Crippen LogP) is 3.05. The fraction of sp³-hybridized carbons (Fsp3) is 0.250. The number of carbonyl (C=O) groups excluding carboxylic acids is 1. The normalized spacial score (nSPS) is 10.2. The highest BCUT2D eigenvalue weighted by Gasteiger charge is 2.23. The highest BCUT2D eigenvalue weighted by atomic mass is 16.6. The Bertz CT molecular complexity index is 716. The summed E-state index contributed by atoms with van der Waals surface area (Å²) in [5.41, 5.74) is 0.756. The number of hydrogen-bond acceptors (Lipinski definition) is 6. The van der Waals surface area contributed by atoms with E-state index in [1.165, 1.54) is 6.92 Å². The number of aromatic nitrogens is 1. The highest BCUT2D eigenvalue weighted by molar-refractivity contribution is 5.92. The van der Waals surface area contributed by atoms with Crippen molar-refractivity contribution in [1.82, 2.24) is 4.98 Å². The molecule has 0 aliphatic rings. The van der Waals surface area contributed by atoms with Crippen molar-refractivity contribution in [1.29, 1.82) is 0 Å². The zero-order valence-corrected chi connectivity index (χ0v) is 12.8. The Morgan fingerprint density at radius 2 is 2.00 bits per heavy atom. The van der Waals surface area contributed by atoms with Crippen molar-refractivity contribution >= 4 is 11.7 Å². The third-order valence-electron chi connectivity index (χ3n) is 3.06.